The summed E-state index contributed by atoms with van der Waals surface area (Å²) in [5.41, 5.74) is 7.61. The van der Waals surface area contributed by atoms with Gasteiger partial charge in [0.1, 0.15) is 17.0 Å². The molecule has 1 aromatic heterocycles. The summed E-state index contributed by atoms with van der Waals surface area (Å²) in [6.07, 6.45) is 0.516. The van der Waals surface area contributed by atoms with Crippen molar-refractivity contribution in [3.63, 3.8) is 0 Å². The molecule has 1 aliphatic rings. The van der Waals surface area contributed by atoms with E-state index in [9.17, 15) is 4.79 Å². The second kappa shape index (κ2) is 6.93. The van der Waals surface area contributed by atoms with E-state index in [1.807, 2.05) is 18.2 Å². The van der Waals surface area contributed by atoms with Crippen molar-refractivity contribution in [2.75, 3.05) is 20.2 Å². The van der Waals surface area contributed by atoms with Gasteiger partial charge in [-0.15, -0.1) is 0 Å². The number of rotatable bonds is 3. The molecular formula is C17H20ClN3O3. The summed E-state index contributed by atoms with van der Waals surface area (Å²) in [4.78, 5) is 14.8. The minimum atomic E-state index is -0.174. The van der Waals surface area contributed by atoms with E-state index in [2.05, 4.69) is 5.16 Å². The SMILES string of the molecule is CO[C@H]1CN(C(=O)c2c(-c3ccccc3Cl)noc2C)CC[C@H]1N. The van der Waals surface area contributed by atoms with Crippen LogP contribution in [0.3, 0.4) is 0 Å². The van der Waals surface area contributed by atoms with E-state index < -0.39 is 0 Å². The largest absolute Gasteiger partial charge is 0.378 e. The third kappa shape index (κ3) is 3.05. The number of aromatic nitrogens is 1. The Labute approximate surface area is 145 Å². The van der Waals surface area contributed by atoms with Gasteiger partial charge < -0.3 is 19.9 Å². The lowest BCUT2D eigenvalue weighted by Crippen LogP contribution is -2.53. The van der Waals surface area contributed by atoms with Gasteiger partial charge in [0.15, 0.2) is 0 Å². The van der Waals surface area contributed by atoms with Crippen LogP contribution in [0, 0.1) is 6.92 Å². The highest BCUT2D eigenvalue weighted by atomic mass is 35.5. The molecule has 24 heavy (non-hydrogen) atoms. The Balaban J connectivity index is 1.94. The van der Waals surface area contributed by atoms with Gasteiger partial charge in [-0.25, -0.2) is 0 Å². The lowest BCUT2D eigenvalue weighted by molar-refractivity contribution is 0.0161. The molecule has 2 N–H and O–H groups in total. The summed E-state index contributed by atoms with van der Waals surface area (Å²) in [5.74, 6) is 0.330. The highest BCUT2D eigenvalue weighted by molar-refractivity contribution is 6.33. The molecule has 1 aliphatic heterocycles. The van der Waals surface area contributed by atoms with Crippen LogP contribution < -0.4 is 5.73 Å². The molecule has 0 unspecified atom stereocenters. The molecule has 6 nitrogen and oxygen atoms in total. The van der Waals surface area contributed by atoms with Crippen molar-refractivity contribution in [2.24, 2.45) is 5.73 Å². The number of halogens is 1. The average Bonchev–Trinajstić information content (AvgIpc) is 2.96. The van der Waals surface area contributed by atoms with Crippen LogP contribution in [0.2, 0.25) is 5.02 Å². The second-order valence-corrected chi connectivity index (χ2v) is 6.33. The van der Waals surface area contributed by atoms with Gasteiger partial charge in [-0.05, 0) is 19.4 Å². The van der Waals surface area contributed by atoms with Crippen LogP contribution in [0.1, 0.15) is 22.5 Å². The maximum absolute atomic E-state index is 13.0. The number of amides is 1. The van der Waals surface area contributed by atoms with Gasteiger partial charge in [-0.3, -0.25) is 4.79 Å². The standard InChI is InChI=1S/C17H20ClN3O3/c1-10-15(16(20-24-10)11-5-3-4-6-12(11)18)17(22)21-8-7-13(19)14(9-21)23-2/h3-6,13-14H,7-9,19H2,1-2H3/t13-,14+/m1/s1. The first-order valence-electron chi connectivity index (χ1n) is 7.81. The zero-order chi connectivity index (χ0) is 17.3. The van der Waals surface area contributed by atoms with Crippen LogP contribution in [0.4, 0.5) is 0 Å². The zero-order valence-corrected chi connectivity index (χ0v) is 14.4. The molecule has 2 atom stereocenters. The van der Waals surface area contributed by atoms with Crippen LogP contribution in [-0.4, -0.2) is 48.3 Å². The minimum absolute atomic E-state index is 0.0642. The Bertz CT molecular complexity index is 746. The highest BCUT2D eigenvalue weighted by Gasteiger charge is 2.33. The first-order chi connectivity index (χ1) is 11.5. The number of piperidine rings is 1. The Morgan fingerprint density at radius 1 is 1.46 bits per heavy atom. The Morgan fingerprint density at radius 2 is 2.21 bits per heavy atom. The Hall–Kier alpha value is -1.89. The summed E-state index contributed by atoms with van der Waals surface area (Å²) in [6.45, 7) is 2.75. The molecule has 0 saturated carbocycles. The fourth-order valence-electron chi connectivity index (χ4n) is 2.99. The maximum Gasteiger partial charge on any atom is 0.259 e. The topological polar surface area (TPSA) is 81.6 Å². The molecule has 7 heteroatoms. The fourth-order valence-corrected chi connectivity index (χ4v) is 3.21. The van der Waals surface area contributed by atoms with Crippen molar-refractivity contribution < 1.29 is 14.1 Å². The maximum atomic E-state index is 13.0. The third-order valence-corrected chi connectivity index (χ3v) is 4.74. The van der Waals surface area contributed by atoms with Gasteiger partial charge in [0.2, 0.25) is 0 Å². The van der Waals surface area contributed by atoms with E-state index in [4.69, 9.17) is 26.6 Å². The molecule has 0 aliphatic carbocycles. The Morgan fingerprint density at radius 3 is 2.92 bits per heavy atom. The number of carbonyl (C=O) groups excluding carboxylic acids is 1. The summed E-state index contributed by atoms with van der Waals surface area (Å²) in [6, 6.07) is 7.19. The number of benzene rings is 1. The van der Waals surface area contributed by atoms with Gasteiger partial charge in [0.25, 0.3) is 5.91 Å². The predicted molar refractivity (Wildman–Crippen MR) is 91.0 cm³/mol. The molecular weight excluding hydrogens is 330 g/mol. The number of nitrogens with two attached hydrogens (primary N) is 1. The number of carbonyl (C=O) groups is 1. The minimum Gasteiger partial charge on any atom is -0.378 e. The van der Waals surface area contributed by atoms with E-state index in [0.717, 1.165) is 0 Å². The predicted octanol–water partition coefficient (Wildman–Crippen LogP) is 2.49. The van der Waals surface area contributed by atoms with Crippen molar-refractivity contribution >= 4 is 17.5 Å². The van der Waals surface area contributed by atoms with Gasteiger partial charge in [-0.1, -0.05) is 35.0 Å². The van der Waals surface area contributed by atoms with Crippen molar-refractivity contribution in [1.29, 1.82) is 0 Å². The highest BCUT2D eigenvalue weighted by Crippen LogP contribution is 2.32. The first-order valence-corrected chi connectivity index (χ1v) is 8.19. The number of methoxy groups -OCH3 is 1. The number of hydrogen-bond donors (Lipinski definition) is 1. The molecule has 0 spiro atoms. The van der Waals surface area contributed by atoms with Crippen LogP contribution in [0.25, 0.3) is 11.3 Å². The van der Waals surface area contributed by atoms with Crippen molar-refractivity contribution in [3.8, 4) is 11.3 Å². The molecule has 1 saturated heterocycles. The monoisotopic (exact) mass is 349 g/mol. The lowest BCUT2D eigenvalue weighted by atomic mass is 10.00. The van der Waals surface area contributed by atoms with Crippen molar-refractivity contribution in [1.82, 2.24) is 10.1 Å². The molecule has 2 aromatic rings. The molecule has 3 rings (SSSR count). The number of hydrogen-bond acceptors (Lipinski definition) is 5. The van der Waals surface area contributed by atoms with Gasteiger partial charge in [0, 0.05) is 31.8 Å². The Kier molecular flexibility index (Phi) is 4.89. The van der Waals surface area contributed by atoms with E-state index in [1.165, 1.54) is 0 Å². The summed E-state index contributed by atoms with van der Waals surface area (Å²) in [5, 5.41) is 4.58. The van der Waals surface area contributed by atoms with Crippen LogP contribution in [0.15, 0.2) is 28.8 Å². The van der Waals surface area contributed by atoms with Crippen LogP contribution >= 0.6 is 11.6 Å². The van der Waals surface area contributed by atoms with Gasteiger partial charge in [0.05, 0.1) is 11.1 Å². The lowest BCUT2D eigenvalue weighted by Gasteiger charge is -2.36. The van der Waals surface area contributed by atoms with Crippen LogP contribution in [0.5, 0.6) is 0 Å². The van der Waals surface area contributed by atoms with Crippen molar-refractivity contribution in [2.45, 2.75) is 25.5 Å². The van der Waals surface area contributed by atoms with E-state index in [0.29, 0.717) is 47.1 Å². The third-order valence-electron chi connectivity index (χ3n) is 4.41. The molecule has 1 amide bonds. The summed E-state index contributed by atoms with van der Waals surface area (Å²) in [7, 11) is 1.61. The summed E-state index contributed by atoms with van der Waals surface area (Å²) >= 11 is 6.25. The van der Waals surface area contributed by atoms with E-state index in [-0.39, 0.29) is 18.1 Å². The van der Waals surface area contributed by atoms with E-state index >= 15 is 0 Å². The first kappa shape index (κ1) is 17.0. The molecule has 1 fully saturated rings. The second-order valence-electron chi connectivity index (χ2n) is 5.92. The zero-order valence-electron chi connectivity index (χ0n) is 13.7. The van der Waals surface area contributed by atoms with Crippen molar-refractivity contribution in [3.05, 3.63) is 40.6 Å². The smallest absolute Gasteiger partial charge is 0.259 e. The molecule has 128 valence electrons. The van der Waals surface area contributed by atoms with Gasteiger partial charge >= 0.3 is 0 Å². The molecule has 1 aromatic carbocycles. The summed E-state index contributed by atoms with van der Waals surface area (Å²) < 4.78 is 10.7. The quantitative estimate of drug-likeness (QED) is 0.920. The average molecular weight is 350 g/mol. The number of nitrogens with zero attached hydrogens (tertiary/aromatic N) is 2. The fraction of sp³-hybridized carbons (Fsp3) is 0.412. The normalized spacial score (nSPS) is 21.1. The van der Waals surface area contributed by atoms with Gasteiger partial charge in [-0.2, -0.15) is 0 Å². The van der Waals surface area contributed by atoms with Crippen LogP contribution in [-0.2, 0) is 4.74 Å². The molecule has 0 bridgehead atoms. The number of likely N-dealkylation sites (tertiary alicyclic amines) is 1. The number of ether oxygens (including phenoxy) is 1. The number of aryl methyl sites for hydroxylation is 1. The molecule has 2 heterocycles. The van der Waals surface area contributed by atoms with E-state index in [1.54, 1.807) is 25.0 Å². The molecule has 0 radical (unpaired) electrons.